The van der Waals surface area contributed by atoms with Crippen LogP contribution < -0.4 is 5.32 Å². The van der Waals surface area contributed by atoms with Crippen LogP contribution >= 0.6 is 34.3 Å². The number of nitrogens with zero attached hydrogens (tertiary/aromatic N) is 2. The summed E-state index contributed by atoms with van der Waals surface area (Å²) in [5.41, 5.74) is 1.00. The molecule has 1 aliphatic heterocycles. The molecule has 0 unspecified atom stereocenters. The van der Waals surface area contributed by atoms with Gasteiger partial charge in [0.05, 0.1) is 19.9 Å². The third kappa shape index (κ3) is 4.80. The molecule has 1 fully saturated rings. The van der Waals surface area contributed by atoms with Gasteiger partial charge in [-0.1, -0.05) is 11.6 Å². The average Bonchev–Trinajstić information content (AvgIpc) is 3.23. The van der Waals surface area contributed by atoms with E-state index in [1.807, 2.05) is 4.90 Å². The van der Waals surface area contributed by atoms with Crippen LogP contribution in [0.5, 0.6) is 0 Å². The number of nitrogens with one attached hydrogen (secondary N) is 1. The Kier molecular flexibility index (Phi) is 6.09. The van der Waals surface area contributed by atoms with Gasteiger partial charge in [-0.05, 0) is 25.0 Å². The van der Waals surface area contributed by atoms with Gasteiger partial charge in [0.2, 0.25) is 5.91 Å². The second kappa shape index (κ2) is 8.29. The van der Waals surface area contributed by atoms with Gasteiger partial charge >= 0.3 is 0 Å². The van der Waals surface area contributed by atoms with Crippen molar-refractivity contribution in [1.29, 1.82) is 0 Å². The van der Waals surface area contributed by atoms with Crippen molar-refractivity contribution in [2.75, 3.05) is 19.6 Å². The van der Waals surface area contributed by atoms with Crippen LogP contribution in [0.25, 0.3) is 0 Å². The van der Waals surface area contributed by atoms with Crippen molar-refractivity contribution in [3.63, 3.8) is 0 Å². The van der Waals surface area contributed by atoms with Gasteiger partial charge < -0.3 is 10.2 Å². The Morgan fingerprint density at radius 2 is 2.28 bits per heavy atom. The molecule has 2 amide bonds. The van der Waals surface area contributed by atoms with Gasteiger partial charge in [-0.25, -0.2) is 4.98 Å². The monoisotopic (exact) mass is 397 g/mol. The molecule has 8 heteroatoms. The summed E-state index contributed by atoms with van der Waals surface area (Å²) in [6.45, 7) is 3.60. The Labute approximate surface area is 160 Å². The van der Waals surface area contributed by atoms with Crippen molar-refractivity contribution in [2.24, 2.45) is 0 Å². The molecular weight excluding hydrogens is 378 g/mol. The number of aromatic nitrogens is 1. The fraction of sp³-hybridized carbons (Fsp3) is 0.471. The Hall–Kier alpha value is -1.44. The van der Waals surface area contributed by atoms with Gasteiger partial charge in [0.25, 0.3) is 5.91 Å². The average molecular weight is 398 g/mol. The Morgan fingerprint density at radius 1 is 1.44 bits per heavy atom. The van der Waals surface area contributed by atoms with Crippen LogP contribution in [0.1, 0.15) is 46.1 Å². The standard InChI is InChI=1S/C17H20ClN3O2S2/c1-11(22)19-7-6-13-10-24-16(20-13)12-3-2-8-21(9-12)17(23)14-4-5-15(18)25-14/h4-5,10,12H,2-3,6-9H2,1H3,(H,19,22)/t12-/m0/s1. The molecule has 0 spiro atoms. The fourth-order valence-electron chi connectivity index (χ4n) is 2.94. The van der Waals surface area contributed by atoms with Crippen LogP contribution in [0.15, 0.2) is 17.5 Å². The summed E-state index contributed by atoms with van der Waals surface area (Å²) in [5, 5.41) is 5.92. The van der Waals surface area contributed by atoms with E-state index in [1.54, 1.807) is 23.5 Å². The fourth-order valence-corrected chi connectivity index (χ4v) is 4.93. The SMILES string of the molecule is CC(=O)NCCc1csc([C@H]2CCCN(C(=O)c3ccc(Cl)s3)C2)n1. The quantitative estimate of drug-likeness (QED) is 0.839. The highest BCUT2D eigenvalue weighted by atomic mass is 35.5. The smallest absolute Gasteiger partial charge is 0.263 e. The molecule has 134 valence electrons. The summed E-state index contributed by atoms with van der Waals surface area (Å²) in [4.78, 5) is 30.9. The van der Waals surface area contributed by atoms with Crippen LogP contribution in [-0.4, -0.2) is 41.3 Å². The molecule has 1 saturated heterocycles. The van der Waals surface area contributed by atoms with Crippen molar-refractivity contribution in [2.45, 2.75) is 32.1 Å². The molecule has 1 aliphatic rings. The molecule has 5 nitrogen and oxygen atoms in total. The van der Waals surface area contributed by atoms with Gasteiger partial charge in [0, 0.05) is 44.3 Å². The van der Waals surface area contributed by atoms with Gasteiger partial charge in [0.15, 0.2) is 0 Å². The van der Waals surface area contributed by atoms with E-state index >= 15 is 0 Å². The van der Waals surface area contributed by atoms with Crippen LogP contribution in [0.4, 0.5) is 0 Å². The zero-order chi connectivity index (χ0) is 17.8. The van der Waals surface area contributed by atoms with Gasteiger partial charge in [0.1, 0.15) is 0 Å². The second-order valence-electron chi connectivity index (χ2n) is 6.10. The first-order valence-corrected chi connectivity index (χ1v) is 10.3. The number of halogens is 1. The van der Waals surface area contributed by atoms with Crippen LogP contribution in [0, 0.1) is 0 Å². The third-order valence-electron chi connectivity index (χ3n) is 4.17. The normalized spacial score (nSPS) is 17.5. The molecule has 0 bridgehead atoms. The van der Waals surface area contributed by atoms with E-state index in [4.69, 9.17) is 16.6 Å². The van der Waals surface area contributed by atoms with Crippen molar-refractivity contribution in [3.8, 4) is 0 Å². The maximum absolute atomic E-state index is 12.6. The molecule has 0 aromatic carbocycles. The largest absolute Gasteiger partial charge is 0.356 e. The van der Waals surface area contributed by atoms with E-state index in [0.717, 1.165) is 36.5 Å². The minimum absolute atomic E-state index is 0.0226. The molecule has 2 aromatic rings. The number of amides is 2. The molecular formula is C17H20ClN3O2S2. The van der Waals surface area contributed by atoms with Gasteiger partial charge in [-0.2, -0.15) is 0 Å². The number of piperidine rings is 1. The molecule has 3 heterocycles. The van der Waals surface area contributed by atoms with Crippen LogP contribution in [-0.2, 0) is 11.2 Å². The van der Waals surface area contributed by atoms with Crippen molar-refractivity contribution in [3.05, 3.63) is 37.4 Å². The Balaban J connectivity index is 1.60. The number of rotatable bonds is 5. The summed E-state index contributed by atoms with van der Waals surface area (Å²) in [6.07, 6.45) is 2.77. The van der Waals surface area contributed by atoms with Crippen LogP contribution in [0.3, 0.4) is 0 Å². The van der Waals surface area contributed by atoms with Crippen molar-refractivity contribution in [1.82, 2.24) is 15.2 Å². The summed E-state index contributed by atoms with van der Waals surface area (Å²) in [6, 6.07) is 3.56. The lowest BCUT2D eigenvalue weighted by Crippen LogP contribution is -2.38. The number of hydrogen-bond acceptors (Lipinski definition) is 5. The number of likely N-dealkylation sites (tertiary alicyclic amines) is 1. The number of hydrogen-bond donors (Lipinski definition) is 1. The van der Waals surface area contributed by atoms with E-state index in [1.165, 1.54) is 18.3 Å². The minimum atomic E-state index is -0.0226. The summed E-state index contributed by atoms with van der Waals surface area (Å²) < 4.78 is 0.639. The molecule has 3 rings (SSSR count). The zero-order valence-corrected chi connectivity index (χ0v) is 16.3. The maximum Gasteiger partial charge on any atom is 0.263 e. The van der Waals surface area contributed by atoms with Gasteiger partial charge in [-0.3, -0.25) is 9.59 Å². The highest BCUT2D eigenvalue weighted by Gasteiger charge is 2.27. The topological polar surface area (TPSA) is 62.3 Å². The van der Waals surface area contributed by atoms with Crippen molar-refractivity contribution < 1.29 is 9.59 Å². The first-order chi connectivity index (χ1) is 12.0. The van der Waals surface area contributed by atoms with Crippen LogP contribution in [0.2, 0.25) is 4.34 Å². The number of carbonyl (C=O) groups excluding carboxylic acids is 2. The minimum Gasteiger partial charge on any atom is -0.356 e. The second-order valence-corrected chi connectivity index (χ2v) is 8.71. The predicted molar refractivity (Wildman–Crippen MR) is 102 cm³/mol. The molecule has 1 atom stereocenters. The summed E-state index contributed by atoms with van der Waals surface area (Å²) in [5.74, 6) is 0.322. The third-order valence-corrected chi connectivity index (χ3v) is 6.44. The van der Waals surface area contributed by atoms with E-state index in [0.29, 0.717) is 22.3 Å². The van der Waals surface area contributed by atoms with E-state index in [2.05, 4.69) is 10.7 Å². The maximum atomic E-state index is 12.6. The lowest BCUT2D eigenvalue weighted by Gasteiger charge is -2.31. The Morgan fingerprint density at radius 3 is 3.00 bits per heavy atom. The molecule has 25 heavy (non-hydrogen) atoms. The highest BCUT2D eigenvalue weighted by molar-refractivity contribution is 7.18. The molecule has 0 saturated carbocycles. The predicted octanol–water partition coefficient (Wildman–Crippen LogP) is 3.56. The first kappa shape index (κ1) is 18.4. The molecule has 1 N–H and O–H groups in total. The zero-order valence-electron chi connectivity index (χ0n) is 14.0. The molecule has 0 aliphatic carbocycles. The number of thiazole rings is 1. The van der Waals surface area contributed by atoms with E-state index < -0.39 is 0 Å². The van der Waals surface area contributed by atoms with Crippen molar-refractivity contribution >= 4 is 46.1 Å². The Bertz CT molecular complexity index is 759. The van der Waals surface area contributed by atoms with E-state index in [9.17, 15) is 9.59 Å². The molecule has 2 aromatic heterocycles. The lowest BCUT2D eigenvalue weighted by atomic mass is 9.98. The summed E-state index contributed by atoms with van der Waals surface area (Å²) >= 11 is 8.92. The molecule has 0 radical (unpaired) electrons. The highest BCUT2D eigenvalue weighted by Crippen LogP contribution is 2.31. The number of carbonyl (C=O) groups is 2. The lowest BCUT2D eigenvalue weighted by molar-refractivity contribution is -0.118. The summed E-state index contributed by atoms with van der Waals surface area (Å²) in [7, 11) is 0. The van der Waals surface area contributed by atoms with Gasteiger partial charge in [-0.15, -0.1) is 22.7 Å². The number of thiophene rings is 1. The van der Waals surface area contributed by atoms with E-state index in [-0.39, 0.29) is 17.7 Å². The first-order valence-electron chi connectivity index (χ1n) is 8.26.